The highest BCUT2D eigenvalue weighted by atomic mass is 16.4. The van der Waals surface area contributed by atoms with E-state index in [1.807, 2.05) is 0 Å². The number of hydrogen-bond donors (Lipinski definition) is 6. The zero-order chi connectivity index (χ0) is 13.3. The van der Waals surface area contributed by atoms with Crippen molar-refractivity contribution < 1.29 is 40.2 Å². The maximum Gasteiger partial charge on any atom is 0.300 e. The number of aliphatic hydroxyl groups excluding tert-OH is 5. The molecule has 0 heterocycles. The molecule has 0 saturated carbocycles. The van der Waals surface area contributed by atoms with Crippen LogP contribution < -0.4 is 0 Å². The molecule has 6 N–H and O–H groups in total. The molecule has 0 unspecified atom stereocenters. The Labute approximate surface area is 91.4 Å². The summed E-state index contributed by atoms with van der Waals surface area (Å²) in [6.45, 7) is 0.323. The van der Waals surface area contributed by atoms with Gasteiger partial charge >= 0.3 is 0 Å². The molecule has 0 aromatic rings. The Balaban J connectivity index is 0. The van der Waals surface area contributed by atoms with Crippen LogP contribution in [0.4, 0.5) is 0 Å². The predicted molar refractivity (Wildman–Crippen MR) is 50.5 cm³/mol. The molecule has 0 saturated heterocycles. The first-order valence-corrected chi connectivity index (χ1v) is 4.25. The first-order chi connectivity index (χ1) is 7.27. The molecule has 0 aliphatic heterocycles. The van der Waals surface area contributed by atoms with E-state index in [2.05, 4.69) is 0 Å². The van der Waals surface area contributed by atoms with Crippen LogP contribution in [0.2, 0.25) is 0 Å². The van der Waals surface area contributed by atoms with Crippen LogP contribution in [0.5, 0.6) is 0 Å². The summed E-state index contributed by atoms with van der Waals surface area (Å²) in [4.78, 5) is 18.9. The van der Waals surface area contributed by atoms with E-state index < -0.39 is 37.0 Å². The van der Waals surface area contributed by atoms with Gasteiger partial charge in [0.25, 0.3) is 5.97 Å². The molecule has 0 fully saturated rings. The van der Waals surface area contributed by atoms with Gasteiger partial charge in [0.05, 0.1) is 6.61 Å². The molecule has 16 heavy (non-hydrogen) atoms. The van der Waals surface area contributed by atoms with Gasteiger partial charge in [-0.3, -0.25) is 4.79 Å². The van der Waals surface area contributed by atoms with Crippen molar-refractivity contribution in [3.05, 3.63) is 0 Å². The lowest BCUT2D eigenvalue weighted by atomic mass is 10.0. The molecular formula is C8H16O8. The van der Waals surface area contributed by atoms with Crippen molar-refractivity contribution in [2.45, 2.75) is 31.3 Å². The van der Waals surface area contributed by atoms with Crippen LogP contribution >= 0.6 is 0 Å². The maximum atomic E-state index is 9.90. The summed E-state index contributed by atoms with van der Waals surface area (Å²) in [6, 6.07) is 0. The maximum absolute atomic E-state index is 9.90. The summed E-state index contributed by atoms with van der Waals surface area (Å²) in [6.07, 6.45) is -6.84. The molecule has 0 radical (unpaired) electrons. The van der Waals surface area contributed by atoms with E-state index in [-0.39, 0.29) is 6.29 Å². The quantitative estimate of drug-likeness (QED) is 0.273. The van der Waals surface area contributed by atoms with Crippen molar-refractivity contribution in [2.75, 3.05) is 6.61 Å². The van der Waals surface area contributed by atoms with E-state index in [4.69, 9.17) is 35.4 Å². The molecule has 0 aliphatic carbocycles. The van der Waals surface area contributed by atoms with Crippen molar-refractivity contribution in [1.82, 2.24) is 0 Å². The minimum Gasteiger partial charge on any atom is -0.481 e. The third-order valence-electron chi connectivity index (χ3n) is 1.42. The SMILES string of the molecule is CC(=O)O.O=C[C@H](O)[C@@H](O)[C@H](O)[C@H](O)CO. The second kappa shape index (κ2) is 9.19. The lowest BCUT2D eigenvalue weighted by Gasteiger charge is -2.22. The minimum atomic E-state index is -1.79. The first-order valence-electron chi connectivity index (χ1n) is 4.25. The van der Waals surface area contributed by atoms with Gasteiger partial charge in [0, 0.05) is 6.92 Å². The van der Waals surface area contributed by atoms with Crippen molar-refractivity contribution in [2.24, 2.45) is 0 Å². The van der Waals surface area contributed by atoms with Gasteiger partial charge < -0.3 is 35.4 Å². The van der Waals surface area contributed by atoms with Gasteiger partial charge in [-0.05, 0) is 0 Å². The number of carbonyl (C=O) groups is 2. The topological polar surface area (TPSA) is 156 Å². The van der Waals surface area contributed by atoms with Crippen LogP contribution in [0, 0.1) is 0 Å². The van der Waals surface area contributed by atoms with E-state index in [9.17, 15) is 4.79 Å². The second-order valence-electron chi connectivity index (χ2n) is 2.88. The smallest absolute Gasteiger partial charge is 0.300 e. The molecule has 96 valence electrons. The summed E-state index contributed by atoms with van der Waals surface area (Å²) in [5.41, 5.74) is 0. The average Bonchev–Trinajstić information content (AvgIpc) is 2.24. The number of rotatable bonds is 5. The lowest BCUT2D eigenvalue weighted by molar-refractivity contribution is -0.136. The van der Waals surface area contributed by atoms with E-state index in [1.165, 1.54) is 0 Å². The molecule has 8 heteroatoms. The summed E-state index contributed by atoms with van der Waals surface area (Å²) >= 11 is 0. The number of aliphatic hydroxyl groups is 5. The number of carbonyl (C=O) groups excluding carboxylic acids is 1. The largest absolute Gasteiger partial charge is 0.481 e. The van der Waals surface area contributed by atoms with Gasteiger partial charge in [-0.2, -0.15) is 0 Å². The molecule has 8 nitrogen and oxygen atoms in total. The zero-order valence-corrected chi connectivity index (χ0v) is 8.59. The lowest BCUT2D eigenvalue weighted by Crippen LogP contribution is -2.46. The van der Waals surface area contributed by atoms with Gasteiger partial charge in [0.15, 0.2) is 6.29 Å². The Bertz CT molecular complexity index is 202. The third kappa shape index (κ3) is 8.26. The molecule has 0 bridgehead atoms. The highest BCUT2D eigenvalue weighted by Crippen LogP contribution is 2.02. The molecular weight excluding hydrogens is 224 g/mol. The van der Waals surface area contributed by atoms with Crippen molar-refractivity contribution >= 4 is 12.3 Å². The number of carboxylic acids is 1. The van der Waals surface area contributed by atoms with E-state index >= 15 is 0 Å². The van der Waals surface area contributed by atoms with E-state index in [0.717, 1.165) is 6.92 Å². The van der Waals surface area contributed by atoms with Gasteiger partial charge in [0.2, 0.25) is 0 Å². The molecule has 0 aliphatic rings. The van der Waals surface area contributed by atoms with Crippen LogP contribution in [-0.2, 0) is 9.59 Å². The molecule has 0 amide bonds. The fourth-order valence-corrected chi connectivity index (χ4v) is 0.618. The standard InChI is InChI=1S/C6H12O6.C2H4O2/c7-1-3(9)5(11)6(12)4(10)2-8;1-2(3)4/h1,3-6,8-12H,2H2;1H3,(H,3,4)/t3-,4+,5+,6+;/m0./s1. The van der Waals surface area contributed by atoms with Crippen molar-refractivity contribution in [3.8, 4) is 0 Å². The summed E-state index contributed by atoms with van der Waals surface area (Å²) < 4.78 is 0. The van der Waals surface area contributed by atoms with Gasteiger partial charge in [0.1, 0.15) is 24.4 Å². The fourth-order valence-electron chi connectivity index (χ4n) is 0.618. The van der Waals surface area contributed by atoms with Gasteiger partial charge in [-0.25, -0.2) is 0 Å². The number of aliphatic carboxylic acids is 1. The fraction of sp³-hybridized carbons (Fsp3) is 0.750. The normalized spacial score (nSPS) is 17.4. The highest BCUT2D eigenvalue weighted by Gasteiger charge is 2.29. The molecule has 0 spiro atoms. The Hall–Kier alpha value is -1.06. The van der Waals surface area contributed by atoms with Crippen LogP contribution in [0.1, 0.15) is 6.92 Å². The molecule has 4 atom stereocenters. The van der Waals surface area contributed by atoms with Crippen molar-refractivity contribution in [3.63, 3.8) is 0 Å². The van der Waals surface area contributed by atoms with E-state index in [1.54, 1.807) is 0 Å². The van der Waals surface area contributed by atoms with E-state index in [0.29, 0.717) is 0 Å². The molecule has 0 aromatic carbocycles. The number of carboxylic acid groups (broad SMARTS) is 1. The van der Waals surface area contributed by atoms with Crippen molar-refractivity contribution in [1.29, 1.82) is 0 Å². The van der Waals surface area contributed by atoms with Crippen LogP contribution in [0.25, 0.3) is 0 Å². The third-order valence-corrected chi connectivity index (χ3v) is 1.42. The predicted octanol–water partition coefficient (Wildman–Crippen LogP) is -3.29. The second-order valence-corrected chi connectivity index (χ2v) is 2.88. The highest BCUT2D eigenvalue weighted by molar-refractivity contribution is 5.62. The Morgan fingerprint density at radius 1 is 1.19 bits per heavy atom. The molecule has 0 rings (SSSR count). The van der Waals surface area contributed by atoms with Crippen LogP contribution in [0.15, 0.2) is 0 Å². The first kappa shape index (κ1) is 17.3. The molecule has 0 aromatic heterocycles. The number of aldehydes is 1. The summed E-state index contributed by atoms with van der Waals surface area (Å²) in [5, 5.41) is 51.0. The van der Waals surface area contributed by atoms with Crippen LogP contribution in [0.3, 0.4) is 0 Å². The Morgan fingerprint density at radius 2 is 1.56 bits per heavy atom. The summed E-state index contributed by atoms with van der Waals surface area (Å²) in [5.74, 6) is -0.833. The van der Waals surface area contributed by atoms with Gasteiger partial charge in [-0.15, -0.1) is 0 Å². The zero-order valence-electron chi connectivity index (χ0n) is 8.59. The Kier molecular flexibility index (Phi) is 9.96. The monoisotopic (exact) mass is 240 g/mol. The number of hydrogen-bond acceptors (Lipinski definition) is 7. The minimum absolute atomic E-state index is 0.0258. The van der Waals surface area contributed by atoms with Gasteiger partial charge in [-0.1, -0.05) is 0 Å². The van der Waals surface area contributed by atoms with Crippen LogP contribution in [-0.4, -0.2) is 73.9 Å². The average molecular weight is 240 g/mol. The Morgan fingerprint density at radius 3 is 1.81 bits per heavy atom. The summed E-state index contributed by atoms with van der Waals surface area (Å²) in [7, 11) is 0.